The Hall–Kier alpha value is -2.97. The molecular formula is C22H25Cl2N5O3. The number of amides is 1. The number of H-pyrrole nitrogens is 2. The van der Waals surface area contributed by atoms with E-state index in [4.69, 9.17) is 32.7 Å². The molecule has 1 aliphatic rings. The Bertz CT molecular complexity index is 1100. The molecule has 1 aliphatic carbocycles. The van der Waals surface area contributed by atoms with Crippen molar-refractivity contribution >= 4 is 34.8 Å². The molecule has 0 aliphatic heterocycles. The van der Waals surface area contributed by atoms with E-state index in [9.17, 15) is 4.79 Å². The Balaban J connectivity index is 1.86. The van der Waals surface area contributed by atoms with Crippen LogP contribution in [0, 0.1) is 5.92 Å². The SMILES string of the molecule is C=CC(=O)Nc1c[nH]nc1-c1n[nH]c2c1CCC(/C(C)=C(Cl)/C(=C\C(=C\Cl)OC)OC)C2. The first-order valence-electron chi connectivity index (χ1n) is 9.93. The van der Waals surface area contributed by atoms with Crippen LogP contribution in [-0.2, 0) is 27.1 Å². The molecule has 3 N–H and O–H groups in total. The lowest BCUT2D eigenvalue weighted by molar-refractivity contribution is -0.111. The van der Waals surface area contributed by atoms with E-state index in [-0.39, 0.29) is 11.8 Å². The molecule has 0 spiro atoms. The van der Waals surface area contributed by atoms with E-state index >= 15 is 0 Å². The molecular weight excluding hydrogens is 453 g/mol. The van der Waals surface area contributed by atoms with Crippen molar-refractivity contribution < 1.29 is 14.3 Å². The smallest absolute Gasteiger partial charge is 0.247 e. The van der Waals surface area contributed by atoms with Gasteiger partial charge < -0.3 is 14.8 Å². The van der Waals surface area contributed by atoms with Gasteiger partial charge in [-0.1, -0.05) is 29.8 Å². The number of ether oxygens (including phenoxy) is 2. The number of nitrogens with one attached hydrogen (secondary N) is 3. The number of anilines is 1. The second kappa shape index (κ2) is 10.6. The average molecular weight is 478 g/mol. The fraction of sp³-hybridized carbons (Fsp3) is 0.318. The van der Waals surface area contributed by atoms with Gasteiger partial charge in [0.2, 0.25) is 5.91 Å². The van der Waals surface area contributed by atoms with E-state index in [1.807, 2.05) is 6.92 Å². The van der Waals surface area contributed by atoms with Crippen LogP contribution in [0.3, 0.4) is 0 Å². The van der Waals surface area contributed by atoms with Crippen molar-refractivity contribution in [3.8, 4) is 11.4 Å². The van der Waals surface area contributed by atoms with Crippen LogP contribution < -0.4 is 5.32 Å². The third-order valence-corrected chi connectivity index (χ3v) is 6.16. The van der Waals surface area contributed by atoms with Crippen molar-refractivity contribution in [1.82, 2.24) is 20.4 Å². The number of aromatic amines is 2. The number of nitrogens with zero attached hydrogens (tertiary/aromatic N) is 2. The lowest BCUT2D eigenvalue weighted by Gasteiger charge is -2.24. The minimum Gasteiger partial charge on any atom is -0.496 e. The van der Waals surface area contributed by atoms with Gasteiger partial charge in [0.15, 0.2) is 0 Å². The normalized spacial score (nSPS) is 17.3. The van der Waals surface area contributed by atoms with Crippen LogP contribution in [0.4, 0.5) is 5.69 Å². The maximum Gasteiger partial charge on any atom is 0.247 e. The molecule has 32 heavy (non-hydrogen) atoms. The monoisotopic (exact) mass is 477 g/mol. The van der Waals surface area contributed by atoms with Gasteiger partial charge in [0, 0.05) is 29.1 Å². The predicted octanol–water partition coefficient (Wildman–Crippen LogP) is 4.80. The van der Waals surface area contributed by atoms with Crippen molar-refractivity contribution in [2.24, 2.45) is 5.92 Å². The van der Waals surface area contributed by atoms with Crippen LogP contribution in [0.2, 0.25) is 0 Å². The van der Waals surface area contributed by atoms with E-state index in [1.54, 1.807) is 19.4 Å². The number of fused-ring (bicyclic) bond motifs is 1. The van der Waals surface area contributed by atoms with E-state index in [2.05, 4.69) is 32.3 Å². The maximum absolute atomic E-state index is 11.7. The molecule has 1 amide bonds. The van der Waals surface area contributed by atoms with Crippen LogP contribution in [0.25, 0.3) is 11.4 Å². The number of hydrogen-bond donors (Lipinski definition) is 3. The summed E-state index contributed by atoms with van der Waals surface area (Å²) in [5, 5.41) is 17.9. The zero-order valence-corrected chi connectivity index (χ0v) is 19.6. The van der Waals surface area contributed by atoms with Crippen LogP contribution >= 0.6 is 23.2 Å². The quantitative estimate of drug-likeness (QED) is 0.287. The van der Waals surface area contributed by atoms with Crippen molar-refractivity contribution in [3.63, 3.8) is 0 Å². The first kappa shape index (κ1) is 23.7. The average Bonchev–Trinajstić information content (AvgIpc) is 3.44. The molecule has 170 valence electrons. The molecule has 0 aromatic carbocycles. The summed E-state index contributed by atoms with van der Waals surface area (Å²) >= 11 is 12.4. The zero-order valence-electron chi connectivity index (χ0n) is 18.1. The summed E-state index contributed by atoms with van der Waals surface area (Å²) in [5.41, 5.74) is 6.29. The van der Waals surface area contributed by atoms with Crippen LogP contribution in [-0.4, -0.2) is 40.5 Å². The zero-order chi connectivity index (χ0) is 23.3. The van der Waals surface area contributed by atoms with Crippen molar-refractivity contribution in [2.75, 3.05) is 19.5 Å². The van der Waals surface area contributed by atoms with Crippen LogP contribution in [0.1, 0.15) is 24.6 Å². The molecule has 0 saturated carbocycles. The van der Waals surface area contributed by atoms with Crippen LogP contribution in [0.5, 0.6) is 0 Å². The Morgan fingerprint density at radius 3 is 2.75 bits per heavy atom. The Labute approximate surface area is 196 Å². The second-order valence-electron chi connectivity index (χ2n) is 7.24. The number of hydrogen-bond acceptors (Lipinski definition) is 5. The molecule has 8 nitrogen and oxygen atoms in total. The Morgan fingerprint density at radius 1 is 1.31 bits per heavy atom. The summed E-state index contributed by atoms with van der Waals surface area (Å²) < 4.78 is 10.6. The highest BCUT2D eigenvalue weighted by molar-refractivity contribution is 6.32. The van der Waals surface area contributed by atoms with Crippen molar-refractivity contribution in [3.05, 3.63) is 63.8 Å². The Kier molecular flexibility index (Phi) is 7.82. The second-order valence-corrected chi connectivity index (χ2v) is 7.83. The molecule has 2 aromatic rings. The number of halogens is 2. The van der Waals surface area contributed by atoms with Crippen LogP contribution in [0.15, 0.2) is 52.6 Å². The summed E-state index contributed by atoms with van der Waals surface area (Å²) in [5.74, 6) is 0.812. The van der Waals surface area contributed by atoms with Crippen molar-refractivity contribution in [1.29, 1.82) is 0 Å². The molecule has 0 fully saturated rings. The standard InChI is InChI=1S/C22H25Cl2N5O3/c1-5-19(30)26-17-11-25-28-22(17)21-15-7-6-13(8-16(15)27-29-21)12(2)20(24)18(32-4)9-14(10-23)31-3/h5,9-11,13H,1,6-8H2,2-4H3,(H,25,28)(H,26,30)(H,27,29)/b14-10-,18-9+,20-12-. The van der Waals surface area contributed by atoms with Gasteiger partial charge in [-0.25, -0.2) is 0 Å². The summed E-state index contributed by atoms with van der Waals surface area (Å²) in [6.45, 7) is 5.47. The Morgan fingerprint density at radius 2 is 2.09 bits per heavy atom. The molecule has 1 atom stereocenters. The molecule has 0 bridgehead atoms. The van der Waals surface area contributed by atoms with Crippen molar-refractivity contribution in [2.45, 2.75) is 26.2 Å². The van der Waals surface area contributed by atoms with E-state index < -0.39 is 0 Å². The largest absolute Gasteiger partial charge is 0.496 e. The van der Waals surface area contributed by atoms with Gasteiger partial charge in [-0.2, -0.15) is 10.2 Å². The van der Waals surface area contributed by atoms with E-state index in [0.29, 0.717) is 27.9 Å². The van der Waals surface area contributed by atoms with Gasteiger partial charge in [-0.05, 0) is 43.8 Å². The minimum atomic E-state index is -0.310. The maximum atomic E-state index is 11.7. The fourth-order valence-corrected chi connectivity index (χ4v) is 4.11. The van der Waals surface area contributed by atoms with Gasteiger partial charge in [-0.3, -0.25) is 15.0 Å². The van der Waals surface area contributed by atoms with Gasteiger partial charge in [0.25, 0.3) is 0 Å². The molecule has 2 aromatic heterocycles. The predicted molar refractivity (Wildman–Crippen MR) is 125 cm³/mol. The van der Waals surface area contributed by atoms with E-state index in [0.717, 1.165) is 41.8 Å². The summed E-state index contributed by atoms with van der Waals surface area (Å²) in [7, 11) is 3.07. The lowest BCUT2D eigenvalue weighted by atomic mass is 9.82. The fourth-order valence-electron chi connectivity index (χ4n) is 3.67. The minimum absolute atomic E-state index is 0.201. The summed E-state index contributed by atoms with van der Waals surface area (Å²) in [4.78, 5) is 11.7. The molecule has 10 heteroatoms. The third kappa shape index (κ3) is 4.92. The molecule has 2 heterocycles. The third-order valence-electron chi connectivity index (χ3n) is 5.47. The number of allylic oxidation sites excluding steroid dienone is 3. The summed E-state index contributed by atoms with van der Waals surface area (Å²) in [6.07, 6.45) is 6.88. The highest BCUT2D eigenvalue weighted by Crippen LogP contribution is 2.38. The molecule has 0 saturated heterocycles. The number of carbonyl (C=O) groups excluding carboxylic acids is 1. The first-order valence-corrected chi connectivity index (χ1v) is 10.7. The van der Waals surface area contributed by atoms with Gasteiger partial charge in [0.1, 0.15) is 22.9 Å². The summed E-state index contributed by atoms with van der Waals surface area (Å²) in [6, 6.07) is 0. The topological polar surface area (TPSA) is 105 Å². The highest BCUT2D eigenvalue weighted by atomic mass is 35.5. The lowest BCUT2D eigenvalue weighted by Crippen LogP contribution is -2.16. The van der Waals surface area contributed by atoms with Gasteiger partial charge in [0.05, 0.1) is 24.9 Å². The molecule has 3 rings (SSSR count). The highest BCUT2D eigenvalue weighted by Gasteiger charge is 2.28. The molecule has 1 unspecified atom stereocenters. The number of carbonyl (C=O) groups is 1. The molecule has 0 radical (unpaired) electrons. The first-order chi connectivity index (χ1) is 15.4. The van der Waals surface area contributed by atoms with Gasteiger partial charge >= 0.3 is 0 Å². The number of aromatic nitrogens is 4. The van der Waals surface area contributed by atoms with Gasteiger partial charge in [-0.15, -0.1) is 0 Å². The number of rotatable bonds is 8. The van der Waals surface area contributed by atoms with E-state index in [1.165, 1.54) is 18.7 Å². The number of methoxy groups -OCH3 is 2.